The minimum atomic E-state index is -4.61. The Hall–Kier alpha value is -1.76. The number of carbonyl (C=O) groups excluding carboxylic acids is 1. The molecule has 0 radical (unpaired) electrons. The quantitative estimate of drug-likeness (QED) is 0.898. The molecule has 1 amide bonds. The SMILES string of the molecule is COc1cccc(C(F)(F)F)c1C(=O)N[C@@H]1CCC[C@@H]1N1CCCC1. The van der Waals surface area contributed by atoms with Crippen LogP contribution in [0.25, 0.3) is 0 Å². The van der Waals surface area contributed by atoms with Crippen molar-refractivity contribution in [2.75, 3.05) is 20.2 Å². The number of methoxy groups -OCH3 is 1. The zero-order valence-electron chi connectivity index (χ0n) is 14.2. The largest absolute Gasteiger partial charge is 0.496 e. The lowest BCUT2D eigenvalue weighted by molar-refractivity contribution is -0.138. The number of hydrogen-bond donors (Lipinski definition) is 1. The van der Waals surface area contributed by atoms with Crippen LogP contribution in [0, 0.1) is 0 Å². The highest BCUT2D eigenvalue weighted by Gasteiger charge is 2.39. The molecule has 2 fully saturated rings. The second kappa shape index (κ2) is 7.23. The summed E-state index contributed by atoms with van der Waals surface area (Å²) < 4.78 is 45.0. The van der Waals surface area contributed by atoms with E-state index in [9.17, 15) is 18.0 Å². The van der Waals surface area contributed by atoms with Gasteiger partial charge in [-0.1, -0.05) is 6.07 Å². The van der Waals surface area contributed by atoms with E-state index in [4.69, 9.17) is 4.74 Å². The van der Waals surface area contributed by atoms with E-state index in [0.717, 1.165) is 51.3 Å². The van der Waals surface area contributed by atoms with Crippen molar-refractivity contribution in [3.8, 4) is 5.75 Å². The van der Waals surface area contributed by atoms with Crippen molar-refractivity contribution < 1.29 is 22.7 Å². The Morgan fingerprint density at radius 2 is 1.92 bits per heavy atom. The van der Waals surface area contributed by atoms with Crippen molar-refractivity contribution in [3.63, 3.8) is 0 Å². The van der Waals surface area contributed by atoms with E-state index in [0.29, 0.717) is 0 Å². The van der Waals surface area contributed by atoms with E-state index in [2.05, 4.69) is 10.2 Å². The van der Waals surface area contributed by atoms with Crippen LogP contribution in [0.5, 0.6) is 5.75 Å². The van der Waals surface area contributed by atoms with Crippen LogP contribution in [0.15, 0.2) is 18.2 Å². The van der Waals surface area contributed by atoms with Gasteiger partial charge >= 0.3 is 6.18 Å². The zero-order valence-corrected chi connectivity index (χ0v) is 14.2. The summed E-state index contributed by atoms with van der Waals surface area (Å²) in [7, 11) is 1.27. The molecular formula is C18H23F3N2O2. The molecule has 2 atom stereocenters. The Morgan fingerprint density at radius 1 is 1.20 bits per heavy atom. The predicted molar refractivity (Wildman–Crippen MR) is 87.7 cm³/mol. The van der Waals surface area contributed by atoms with Gasteiger partial charge in [0.05, 0.1) is 18.2 Å². The number of rotatable bonds is 4. The lowest BCUT2D eigenvalue weighted by Crippen LogP contribution is -2.48. The second-order valence-corrected chi connectivity index (χ2v) is 6.70. The van der Waals surface area contributed by atoms with Gasteiger partial charge in [0.1, 0.15) is 5.75 Å². The van der Waals surface area contributed by atoms with Crippen molar-refractivity contribution in [1.82, 2.24) is 10.2 Å². The Labute approximate surface area is 145 Å². The molecule has 25 heavy (non-hydrogen) atoms. The summed E-state index contributed by atoms with van der Waals surface area (Å²) in [6.07, 6.45) is 0.422. The Bertz CT molecular complexity index is 627. The molecular weight excluding hydrogens is 333 g/mol. The molecule has 4 nitrogen and oxygen atoms in total. The highest BCUT2D eigenvalue weighted by atomic mass is 19.4. The normalized spacial score (nSPS) is 24.5. The van der Waals surface area contributed by atoms with Crippen LogP contribution in [-0.4, -0.2) is 43.1 Å². The van der Waals surface area contributed by atoms with Gasteiger partial charge < -0.3 is 10.1 Å². The fourth-order valence-electron chi connectivity index (χ4n) is 4.03. The molecule has 0 aromatic heterocycles. The van der Waals surface area contributed by atoms with Crippen molar-refractivity contribution in [2.24, 2.45) is 0 Å². The van der Waals surface area contributed by atoms with Gasteiger partial charge in [0.2, 0.25) is 0 Å². The van der Waals surface area contributed by atoms with Gasteiger partial charge in [-0.3, -0.25) is 9.69 Å². The van der Waals surface area contributed by atoms with Gasteiger partial charge in [0.25, 0.3) is 5.91 Å². The molecule has 7 heteroatoms. The molecule has 1 aromatic carbocycles. The van der Waals surface area contributed by atoms with Gasteiger partial charge in [0.15, 0.2) is 0 Å². The van der Waals surface area contributed by atoms with Crippen LogP contribution in [0.4, 0.5) is 13.2 Å². The summed E-state index contributed by atoms with van der Waals surface area (Å²) in [5, 5.41) is 2.85. The third kappa shape index (κ3) is 3.76. The first kappa shape index (κ1) is 18.0. The fraction of sp³-hybridized carbons (Fsp3) is 0.611. The average molecular weight is 356 g/mol. The summed E-state index contributed by atoms with van der Waals surface area (Å²) in [4.78, 5) is 15.1. The molecule has 138 valence electrons. The number of likely N-dealkylation sites (tertiary alicyclic amines) is 1. The highest BCUT2D eigenvalue weighted by Crippen LogP contribution is 2.36. The Balaban J connectivity index is 1.83. The van der Waals surface area contributed by atoms with Crippen LogP contribution < -0.4 is 10.1 Å². The monoisotopic (exact) mass is 356 g/mol. The number of nitrogens with one attached hydrogen (secondary N) is 1. The summed E-state index contributed by atoms with van der Waals surface area (Å²) >= 11 is 0. The van der Waals surface area contributed by atoms with Crippen molar-refractivity contribution >= 4 is 5.91 Å². The smallest absolute Gasteiger partial charge is 0.417 e. The summed E-state index contributed by atoms with van der Waals surface area (Å²) in [6.45, 7) is 2.00. The number of ether oxygens (including phenoxy) is 1. The number of benzene rings is 1. The maximum atomic E-state index is 13.3. The van der Waals surface area contributed by atoms with Crippen LogP contribution in [0.1, 0.15) is 48.0 Å². The maximum Gasteiger partial charge on any atom is 0.417 e. The molecule has 1 saturated carbocycles. The number of carbonyl (C=O) groups is 1. The molecule has 1 saturated heterocycles. The van der Waals surface area contributed by atoms with Crippen LogP contribution in [-0.2, 0) is 6.18 Å². The van der Waals surface area contributed by atoms with E-state index < -0.39 is 23.2 Å². The van der Waals surface area contributed by atoms with Crippen molar-refractivity contribution in [1.29, 1.82) is 0 Å². The van der Waals surface area contributed by atoms with Crippen molar-refractivity contribution in [3.05, 3.63) is 29.3 Å². The number of nitrogens with zero attached hydrogens (tertiary/aromatic N) is 1. The van der Waals surface area contributed by atoms with E-state index in [-0.39, 0.29) is 17.8 Å². The summed E-state index contributed by atoms with van der Waals surface area (Å²) in [5.41, 5.74) is -1.38. The van der Waals surface area contributed by atoms with Gasteiger partial charge in [-0.05, 0) is 57.3 Å². The third-order valence-electron chi connectivity index (χ3n) is 5.18. The first-order valence-electron chi connectivity index (χ1n) is 8.71. The molecule has 1 heterocycles. The standard InChI is InChI=1S/C18H23F3N2O2/c1-25-15-9-4-6-12(18(19,20)21)16(15)17(24)22-13-7-5-8-14(13)23-10-2-3-11-23/h4,6,9,13-14H,2-3,5,7-8,10-11H2,1H3,(H,22,24)/t13-,14+/m1/s1. The fourth-order valence-corrected chi connectivity index (χ4v) is 4.03. The third-order valence-corrected chi connectivity index (χ3v) is 5.18. The van der Waals surface area contributed by atoms with E-state index in [1.807, 2.05) is 0 Å². The molecule has 0 bridgehead atoms. The first-order valence-corrected chi connectivity index (χ1v) is 8.71. The number of hydrogen-bond acceptors (Lipinski definition) is 3. The molecule has 1 aliphatic carbocycles. The first-order chi connectivity index (χ1) is 11.9. The van der Waals surface area contributed by atoms with E-state index in [1.165, 1.54) is 19.2 Å². The zero-order chi connectivity index (χ0) is 18.0. The van der Waals surface area contributed by atoms with E-state index >= 15 is 0 Å². The molecule has 1 aliphatic heterocycles. The molecule has 1 aromatic rings. The minimum Gasteiger partial charge on any atom is -0.496 e. The molecule has 3 rings (SSSR count). The number of alkyl halides is 3. The lowest BCUT2D eigenvalue weighted by Gasteiger charge is -2.30. The summed E-state index contributed by atoms with van der Waals surface area (Å²) in [5.74, 6) is -0.760. The van der Waals surface area contributed by atoms with Crippen LogP contribution in [0.3, 0.4) is 0 Å². The molecule has 1 N–H and O–H groups in total. The summed E-state index contributed by atoms with van der Waals surface area (Å²) in [6, 6.07) is 3.66. The van der Waals surface area contributed by atoms with Gasteiger partial charge in [-0.25, -0.2) is 0 Å². The minimum absolute atomic E-state index is 0.0527. The average Bonchev–Trinajstić information content (AvgIpc) is 3.24. The molecule has 2 aliphatic rings. The van der Waals surface area contributed by atoms with Crippen LogP contribution >= 0.6 is 0 Å². The van der Waals surface area contributed by atoms with Gasteiger partial charge in [0, 0.05) is 12.1 Å². The molecule has 0 spiro atoms. The van der Waals surface area contributed by atoms with E-state index in [1.54, 1.807) is 0 Å². The molecule has 0 unspecified atom stereocenters. The Kier molecular flexibility index (Phi) is 5.22. The predicted octanol–water partition coefficient (Wildman–Crippen LogP) is 3.46. The topological polar surface area (TPSA) is 41.6 Å². The van der Waals surface area contributed by atoms with Crippen LogP contribution in [0.2, 0.25) is 0 Å². The highest BCUT2D eigenvalue weighted by molar-refractivity contribution is 5.99. The Morgan fingerprint density at radius 3 is 2.56 bits per heavy atom. The maximum absolute atomic E-state index is 13.3. The lowest BCUT2D eigenvalue weighted by atomic mass is 10.0. The van der Waals surface area contributed by atoms with Crippen molar-refractivity contribution in [2.45, 2.75) is 50.4 Å². The number of halogens is 3. The van der Waals surface area contributed by atoms with Gasteiger partial charge in [-0.15, -0.1) is 0 Å². The second-order valence-electron chi connectivity index (χ2n) is 6.70. The number of amides is 1. The van der Waals surface area contributed by atoms with Gasteiger partial charge in [-0.2, -0.15) is 13.2 Å².